The molecular formula is C10H8F5NO. The third-order valence-electron chi connectivity index (χ3n) is 1.85. The molecule has 0 spiro atoms. The SMILES string of the molecule is O=C(CNCC(F)(F)F)c1ccc(F)c(F)c1. The Morgan fingerprint density at radius 1 is 1.18 bits per heavy atom. The molecular weight excluding hydrogens is 245 g/mol. The van der Waals surface area contributed by atoms with E-state index in [1.165, 1.54) is 0 Å². The summed E-state index contributed by atoms with van der Waals surface area (Å²) in [6, 6.07) is 2.40. The maximum atomic E-state index is 12.7. The molecule has 0 radical (unpaired) electrons. The van der Waals surface area contributed by atoms with Crippen LogP contribution in [0.5, 0.6) is 0 Å². The van der Waals surface area contributed by atoms with E-state index in [0.29, 0.717) is 6.07 Å². The zero-order valence-electron chi connectivity index (χ0n) is 8.44. The Hall–Kier alpha value is -1.50. The number of halogens is 5. The third-order valence-corrected chi connectivity index (χ3v) is 1.85. The number of nitrogens with one attached hydrogen (secondary N) is 1. The van der Waals surface area contributed by atoms with E-state index in [2.05, 4.69) is 0 Å². The Morgan fingerprint density at radius 3 is 2.35 bits per heavy atom. The van der Waals surface area contributed by atoms with Gasteiger partial charge in [0.2, 0.25) is 0 Å². The zero-order valence-corrected chi connectivity index (χ0v) is 8.44. The van der Waals surface area contributed by atoms with Crippen LogP contribution in [0.15, 0.2) is 18.2 Å². The first-order valence-electron chi connectivity index (χ1n) is 4.55. The van der Waals surface area contributed by atoms with Crippen molar-refractivity contribution >= 4 is 5.78 Å². The van der Waals surface area contributed by atoms with Crippen molar-refractivity contribution in [3.8, 4) is 0 Å². The van der Waals surface area contributed by atoms with Crippen LogP contribution in [0.4, 0.5) is 22.0 Å². The highest BCUT2D eigenvalue weighted by Crippen LogP contribution is 2.12. The fraction of sp³-hybridized carbons (Fsp3) is 0.300. The number of carbonyl (C=O) groups excluding carboxylic acids is 1. The molecule has 2 nitrogen and oxygen atoms in total. The van der Waals surface area contributed by atoms with Crippen LogP contribution in [0.1, 0.15) is 10.4 Å². The molecule has 1 aromatic rings. The van der Waals surface area contributed by atoms with Crippen LogP contribution in [-0.4, -0.2) is 25.0 Å². The van der Waals surface area contributed by atoms with Gasteiger partial charge >= 0.3 is 6.18 Å². The van der Waals surface area contributed by atoms with Crippen molar-refractivity contribution in [2.24, 2.45) is 0 Å². The number of Topliss-reactive ketones (excluding diaryl/α,β-unsaturated/α-hetero) is 1. The number of hydrogen-bond acceptors (Lipinski definition) is 2. The van der Waals surface area contributed by atoms with E-state index in [1.807, 2.05) is 5.32 Å². The molecule has 0 aliphatic heterocycles. The molecule has 0 saturated heterocycles. The monoisotopic (exact) mass is 253 g/mol. The zero-order chi connectivity index (χ0) is 13.1. The van der Waals surface area contributed by atoms with Crippen molar-refractivity contribution in [3.05, 3.63) is 35.4 Å². The summed E-state index contributed by atoms with van der Waals surface area (Å²) >= 11 is 0. The first-order valence-corrected chi connectivity index (χ1v) is 4.55. The Balaban J connectivity index is 2.56. The lowest BCUT2D eigenvalue weighted by molar-refractivity contribution is -0.124. The molecule has 1 N–H and O–H groups in total. The smallest absolute Gasteiger partial charge is 0.302 e. The van der Waals surface area contributed by atoms with Crippen molar-refractivity contribution in [3.63, 3.8) is 0 Å². The summed E-state index contributed by atoms with van der Waals surface area (Å²) in [7, 11) is 0. The van der Waals surface area contributed by atoms with Crippen LogP contribution in [0.3, 0.4) is 0 Å². The Kier molecular flexibility index (Phi) is 4.17. The van der Waals surface area contributed by atoms with Crippen LogP contribution in [-0.2, 0) is 0 Å². The molecule has 0 aliphatic carbocycles. The summed E-state index contributed by atoms with van der Waals surface area (Å²) in [4.78, 5) is 11.3. The second-order valence-electron chi connectivity index (χ2n) is 3.27. The van der Waals surface area contributed by atoms with Gasteiger partial charge in [-0.05, 0) is 18.2 Å². The van der Waals surface area contributed by atoms with E-state index < -0.39 is 36.7 Å². The Morgan fingerprint density at radius 2 is 1.82 bits per heavy atom. The molecule has 0 aliphatic rings. The van der Waals surface area contributed by atoms with E-state index in [0.717, 1.165) is 12.1 Å². The largest absolute Gasteiger partial charge is 0.401 e. The molecule has 94 valence electrons. The molecule has 17 heavy (non-hydrogen) atoms. The molecule has 0 saturated carbocycles. The molecule has 7 heteroatoms. The predicted molar refractivity (Wildman–Crippen MR) is 49.6 cm³/mol. The Bertz CT molecular complexity index is 416. The normalized spacial score (nSPS) is 11.6. The van der Waals surface area contributed by atoms with Gasteiger partial charge in [-0.3, -0.25) is 4.79 Å². The lowest BCUT2D eigenvalue weighted by Crippen LogP contribution is -2.32. The van der Waals surface area contributed by atoms with Crippen molar-refractivity contribution in [1.29, 1.82) is 0 Å². The van der Waals surface area contributed by atoms with Crippen LogP contribution < -0.4 is 5.32 Å². The van der Waals surface area contributed by atoms with E-state index >= 15 is 0 Å². The lowest BCUT2D eigenvalue weighted by atomic mass is 10.1. The highest BCUT2D eigenvalue weighted by atomic mass is 19.4. The first kappa shape index (κ1) is 13.6. The van der Waals surface area contributed by atoms with Crippen molar-refractivity contribution in [1.82, 2.24) is 5.32 Å². The minimum atomic E-state index is -4.42. The highest BCUT2D eigenvalue weighted by Gasteiger charge is 2.26. The van der Waals surface area contributed by atoms with Gasteiger partial charge in [0, 0.05) is 5.56 Å². The van der Waals surface area contributed by atoms with E-state index in [-0.39, 0.29) is 5.56 Å². The van der Waals surface area contributed by atoms with Gasteiger partial charge in [-0.2, -0.15) is 13.2 Å². The summed E-state index contributed by atoms with van der Waals surface area (Å²) in [6.07, 6.45) is -4.42. The first-order chi connectivity index (χ1) is 7.79. The number of rotatable bonds is 4. The topological polar surface area (TPSA) is 29.1 Å². The van der Waals surface area contributed by atoms with Crippen LogP contribution in [0.25, 0.3) is 0 Å². The minimum Gasteiger partial charge on any atom is -0.302 e. The second-order valence-corrected chi connectivity index (χ2v) is 3.27. The minimum absolute atomic E-state index is 0.182. The number of carbonyl (C=O) groups is 1. The maximum absolute atomic E-state index is 12.7. The fourth-order valence-corrected chi connectivity index (χ4v) is 1.09. The van der Waals surface area contributed by atoms with Crippen LogP contribution in [0.2, 0.25) is 0 Å². The third kappa shape index (κ3) is 4.48. The van der Waals surface area contributed by atoms with Crippen LogP contribution in [0, 0.1) is 11.6 Å². The Labute approximate surface area is 93.4 Å². The van der Waals surface area contributed by atoms with Gasteiger partial charge in [-0.15, -0.1) is 0 Å². The highest BCUT2D eigenvalue weighted by molar-refractivity contribution is 5.97. The maximum Gasteiger partial charge on any atom is 0.401 e. The van der Waals surface area contributed by atoms with E-state index in [4.69, 9.17) is 0 Å². The summed E-state index contributed by atoms with van der Waals surface area (Å²) in [5.41, 5.74) is -0.182. The van der Waals surface area contributed by atoms with Crippen molar-refractivity contribution < 1.29 is 26.7 Å². The summed E-state index contributed by atoms with van der Waals surface area (Å²) in [5, 5.41) is 1.87. The summed E-state index contributed by atoms with van der Waals surface area (Å²) in [6.45, 7) is -1.91. The molecule has 0 bridgehead atoms. The second kappa shape index (κ2) is 5.22. The lowest BCUT2D eigenvalue weighted by Gasteiger charge is -2.07. The summed E-state index contributed by atoms with van der Waals surface area (Å²) in [5.74, 6) is -3.08. The standard InChI is InChI=1S/C10H8F5NO/c11-7-2-1-6(3-8(7)12)9(17)4-16-5-10(13,14)15/h1-3,16H,4-5H2. The molecule has 1 rings (SSSR count). The molecule has 0 heterocycles. The van der Waals surface area contributed by atoms with Gasteiger partial charge in [-0.25, -0.2) is 8.78 Å². The molecule has 0 amide bonds. The van der Waals surface area contributed by atoms with Gasteiger partial charge in [-0.1, -0.05) is 0 Å². The van der Waals surface area contributed by atoms with Gasteiger partial charge in [0.05, 0.1) is 13.1 Å². The average molecular weight is 253 g/mol. The number of ketones is 1. The fourth-order valence-electron chi connectivity index (χ4n) is 1.09. The molecule has 0 fully saturated rings. The number of hydrogen-bond donors (Lipinski definition) is 1. The number of benzene rings is 1. The average Bonchev–Trinajstić information content (AvgIpc) is 2.20. The van der Waals surface area contributed by atoms with Gasteiger partial charge in [0.1, 0.15) is 0 Å². The van der Waals surface area contributed by atoms with Gasteiger partial charge in [0.15, 0.2) is 17.4 Å². The quantitative estimate of drug-likeness (QED) is 0.659. The molecule has 0 aromatic heterocycles. The molecule has 0 atom stereocenters. The summed E-state index contributed by atoms with van der Waals surface area (Å²) < 4.78 is 60.5. The molecule has 1 aromatic carbocycles. The predicted octanol–water partition coefficient (Wildman–Crippen LogP) is 2.30. The van der Waals surface area contributed by atoms with E-state index in [9.17, 15) is 26.7 Å². The van der Waals surface area contributed by atoms with Crippen molar-refractivity contribution in [2.75, 3.05) is 13.1 Å². The molecule has 0 unspecified atom stereocenters. The van der Waals surface area contributed by atoms with Crippen LogP contribution >= 0.6 is 0 Å². The van der Waals surface area contributed by atoms with Gasteiger partial charge < -0.3 is 5.32 Å². The number of alkyl halides is 3. The van der Waals surface area contributed by atoms with Crippen molar-refractivity contribution in [2.45, 2.75) is 6.18 Å². The van der Waals surface area contributed by atoms with Gasteiger partial charge in [0.25, 0.3) is 0 Å². The van der Waals surface area contributed by atoms with E-state index in [1.54, 1.807) is 0 Å².